The van der Waals surface area contributed by atoms with Crippen molar-refractivity contribution in [2.75, 3.05) is 13.2 Å². The molecule has 3 nitrogen and oxygen atoms in total. The van der Waals surface area contributed by atoms with Gasteiger partial charge >= 0.3 is 0 Å². The smallest absolute Gasteiger partial charge is 0.162 e. The summed E-state index contributed by atoms with van der Waals surface area (Å²) in [5.74, 6) is 0.605. The molecular weight excluding hydrogens is 372 g/mol. The van der Waals surface area contributed by atoms with Crippen molar-refractivity contribution in [2.24, 2.45) is 0 Å². The third kappa shape index (κ3) is 14.6. The number of carbonyl (C=O) groups is 1. The predicted molar refractivity (Wildman–Crippen MR) is 127 cm³/mol. The van der Waals surface area contributed by atoms with E-state index >= 15 is 0 Å². The van der Waals surface area contributed by atoms with Crippen molar-refractivity contribution in [1.29, 1.82) is 0 Å². The Bertz CT molecular complexity index is 527. The van der Waals surface area contributed by atoms with Gasteiger partial charge in [0.25, 0.3) is 0 Å². The van der Waals surface area contributed by atoms with Crippen LogP contribution >= 0.6 is 0 Å². The predicted octanol–water partition coefficient (Wildman–Crippen LogP) is 7.43. The van der Waals surface area contributed by atoms with Gasteiger partial charge in [-0.25, -0.2) is 0 Å². The first kappa shape index (κ1) is 26.7. The van der Waals surface area contributed by atoms with E-state index in [1.54, 1.807) is 0 Å². The van der Waals surface area contributed by atoms with E-state index in [1.165, 1.54) is 96.3 Å². The largest absolute Gasteiger partial charge is 0.493 e. The Morgan fingerprint density at radius 3 is 1.70 bits per heavy atom. The van der Waals surface area contributed by atoms with Gasteiger partial charge < -0.3 is 9.84 Å². The molecule has 0 bridgehead atoms. The van der Waals surface area contributed by atoms with Crippen LogP contribution in [0, 0.1) is 0 Å². The van der Waals surface area contributed by atoms with Gasteiger partial charge in [-0.05, 0) is 12.5 Å². The minimum atomic E-state index is -0.409. The van der Waals surface area contributed by atoms with Crippen molar-refractivity contribution in [2.45, 2.75) is 116 Å². The maximum Gasteiger partial charge on any atom is 0.162 e. The minimum Gasteiger partial charge on any atom is -0.493 e. The van der Waals surface area contributed by atoms with Crippen LogP contribution in [-0.4, -0.2) is 24.1 Å². The fourth-order valence-electron chi connectivity index (χ4n) is 3.89. The normalized spacial score (nSPS) is 11.0. The Labute approximate surface area is 185 Å². The van der Waals surface area contributed by atoms with E-state index < -0.39 is 6.61 Å². The van der Waals surface area contributed by atoms with Crippen molar-refractivity contribution >= 4 is 5.78 Å². The zero-order valence-electron chi connectivity index (χ0n) is 19.5. The first-order valence-electron chi connectivity index (χ1n) is 12.6. The molecular formula is C27H46O3. The molecule has 0 fully saturated rings. The summed E-state index contributed by atoms with van der Waals surface area (Å²) >= 11 is 0. The molecule has 1 N–H and O–H groups in total. The average molecular weight is 419 g/mol. The van der Waals surface area contributed by atoms with Crippen LogP contribution in [0.3, 0.4) is 0 Å². The van der Waals surface area contributed by atoms with Gasteiger partial charge in [-0.1, -0.05) is 121 Å². The molecule has 0 heterocycles. The molecule has 30 heavy (non-hydrogen) atoms. The van der Waals surface area contributed by atoms with Gasteiger partial charge in [0.05, 0.1) is 6.61 Å². The number of ketones is 1. The Kier molecular flexibility index (Phi) is 17.4. The Morgan fingerprint density at radius 1 is 0.733 bits per heavy atom. The SMILES string of the molecule is CCCCCCCCCCCCCCCCCCOc1ccccc1CC(=O)CO. The highest BCUT2D eigenvalue weighted by atomic mass is 16.5. The van der Waals surface area contributed by atoms with Crippen molar-refractivity contribution in [3.8, 4) is 5.75 Å². The fraction of sp³-hybridized carbons (Fsp3) is 0.741. The molecule has 0 radical (unpaired) electrons. The van der Waals surface area contributed by atoms with Crippen molar-refractivity contribution in [3.63, 3.8) is 0 Å². The van der Waals surface area contributed by atoms with Gasteiger partial charge in [-0.3, -0.25) is 4.79 Å². The lowest BCUT2D eigenvalue weighted by atomic mass is 10.0. The molecule has 0 aliphatic rings. The first-order valence-corrected chi connectivity index (χ1v) is 12.6. The van der Waals surface area contributed by atoms with Crippen LogP contribution in [0.5, 0.6) is 5.75 Å². The van der Waals surface area contributed by atoms with Crippen molar-refractivity contribution in [1.82, 2.24) is 0 Å². The number of rotatable bonds is 21. The molecule has 1 aromatic rings. The summed E-state index contributed by atoms with van der Waals surface area (Å²) in [6.45, 7) is 2.57. The lowest BCUT2D eigenvalue weighted by Crippen LogP contribution is -2.09. The quantitative estimate of drug-likeness (QED) is 0.211. The second-order valence-electron chi connectivity index (χ2n) is 8.63. The number of hydrogen-bond donors (Lipinski definition) is 1. The van der Waals surface area contributed by atoms with Crippen molar-refractivity contribution < 1.29 is 14.6 Å². The Balaban J connectivity index is 1.89. The number of ether oxygens (including phenoxy) is 1. The number of carbonyl (C=O) groups excluding carboxylic acids is 1. The van der Waals surface area contributed by atoms with Crippen LogP contribution in [-0.2, 0) is 11.2 Å². The van der Waals surface area contributed by atoms with Crippen LogP contribution in [0.2, 0.25) is 0 Å². The summed E-state index contributed by atoms with van der Waals surface area (Å²) in [4.78, 5) is 11.5. The lowest BCUT2D eigenvalue weighted by molar-refractivity contribution is -0.121. The van der Waals surface area contributed by atoms with Crippen LogP contribution < -0.4 is 4.74 Å². The maximum atomic E-state index is 11.5. The topological polar surface area (TPSA) is 46.5 Å². The molecule has 0 saturated heterocycles. The van der Waals surface area contributed by atoms with Crippen LogP contribution in [0.25, 0.3) is 0 Å². The molecule has 0 amide bonds. The van der Waals surface area contributed by atoms with Crippen molar-refractivity contribution in [3.05, 3.63) is 29.8 Å². The van der Waals surface area contributed by atoms with Gasteiger partial charge in [0.15, 0.2) is 5.78 Å². The number of benzene rings is 1. The highest BCUT2D eigenvalue weighted by molar-refractivity contribution is 5.82. The fourth-order valence-corrected chi connectivity index (χ4v) is 3.89. The monoisotopic (exact) mass is 418 g/mol. The molecule has 1 rings (SSSR count). The van der Waals surface area contributed by atoms with Crippen LogP contribution in [0.4, 0.5) is 0 Å². The molecule has 0 aromatic heterocycles. The van der Waals surface area contributed by atoms with Gasteiger partial charge in [-0.2, -0.15) is 0 Å². The summed E-state index contributed by atoms with van der Waals surface area (Å²) in [5.41, 5.74) is 0.869. The number of hydrogen-bond acceptors (Lipinski definition) is 3. The summed E-state index contributed by atoms with van der Waals surface area (Å²) in [6, 6.07) is 7.64. The number of para-hydroxylation sites is 1. The van der Waals surface area contributed by atoms with Crippen LogP contribution in [0.1, 0.15) is 115 Å². The molecule has 0 unspecified atom stereocenters. The average Bonchev–Trinajstić information content (AvgIpc) is 2.76. The van der Waals surface area contributed by atoms with Gasteiger partial charge in [0.1, 0.15) is 12.4 Å². The van der Waals surface area contributed by atoms with E-state index in [2.05, 4.69) is 6.92 Å². The van der Waals surface area contributed by atoms with E-state index in [0.29, 0.717) is 6.61 Å². The third-order valence-corrected chi connectivity index (χ3v) is 5.79. The minimum absolute atomic E-state index is 0.173. The standard InChI is InChI=1S/C27H46O3/c1-2-3-4-5-6-7-8-9-10-11-12-13-14-15-16-19-22-30-27-21-18-17-20-25(27)23-26(29)24-28/h17-18,20-21,28H,2-16,19,22-24H2,1H3. The van der Waals surface area contributed by atoms with E-state index in [-0.39, 0.29) is 12.2 Å². The van der Waals surface area contributed by atoms with E-state index in [9.17, 15) is 4.79 Å². The Morgan fingerprint density at radius 2 is 1.20 bits per heavy atom. The highest BCUT2D eigenvalue weighted by Gasteiger charge is 2.07. The second kappa shape index (κ2) is 19.6. The molecule has 1 aromatic carbocycles. The van der Waals surface area contributed by atoms with Crippen LogP contribution in [0.15, 0.2) is 24.3 Å². The summed E-state index contributed by atoms with van der Waals surface area (Å²) in [6.07, 6.45) is 22.1. The zero-order chi connectivity index (χ0) is 21.7. The number of aliphatic hydroxyl groups is 1. The maximum absolute atomic E-state index is 11.5. The number of unbranched alkanes of at least 4 members (excludes halogenated alkanes) is 15. The second-order valence-corrected chi connectivity index (χ2v) is 8.63. The van der Waals surface area contributed by atoms with Gasteiger partial charge in [0, 0.05) is 12.0 Å². The molecule has 172 valence electrons. The number of Topliss-reactive ketones (excluding diaryl/α,β-unsaturated/α-hetero) is 1. The highest BCUT2D eigenvalue weighted by Crippen LogP contribution is 2.19. The summed E-state index contributed by atoms with van der Waals surface area (Å²) in [7, 11) is 0. The number of aliphatic hydroxyl groups excluding tert-OH is 1. The van der Waals surface area contributed by atoms with E-state index in [4.69, 9.17) is 9.84 Å². The lowest BCUT2D eigenvalue weighted by Gasteiger charge is -2.10. The third-order valence-electron chi connectivity index (χ3n) is 5.79. The first-order chi connectivity index (χ1) is 14.8. The molecule has 3 heteroatoms. The molecule has 0 aliphatic heterocycles. The van der Waals surface area contributed by atoms with Gasteiger partial charge in [0.2, 0.25) is 0 Å². The summed E-state index contributed by atoms with van der Waals surface area (Å²) in [5, 5.41) is 8.93. The molecule has 0 saturated carbocycles. The molecule has 0 atom stereocenters. The molecule has 0 aliphatic carbocycles. The van der Waals surface area contributed by atoms with E-state index in [1.807, 2.05) is 24.3 Å². The molecule has 0 spiro atoms. The van der Waals surface area contributed by atoms with E-state index in [0.717, 1.165) is 17.7 Å². The van der Waals surface area contributed by atoms with Gasteiger partial charge in [-0.15, -0.1) is 0 Å². The zero-order valence-corrected chi connectivity index (χ0v) is 19.5. The summed E-state index contributed by atoms with van der Waals surface area (Å²) < 4.78 is 5.87. The Hall–Kier alpha value is -1.35.